The zero-order chi connectivity index (χ0) is 9.26. The van der Waals surface area contributed by atoms with E-state index < -0.39 is 0 Å². The zero-order valence-electron chi connectivity index (χ0n) is 7.12. The van der Waals surface area contributed by atoms with E-state index in [1.54, 1.807) is 0 Å². The number of carbonyl (C=O) groups excluding carboxylic acids is 1. The van der Waals surface area contributed by atoms with E-state index in [0.717, 1.165) is 35.3 Å². The van der Waals surface area contributed by atoms with Crippen LogP contribution in [0.2, 0.25) is 0 Å². The number of hydrogen-bond donors (Lipinski definition) is 0. The van der Waals surface area contributed by atoms with Crippen molar-refractivity contribution in [3.63, 3.8) is 0 Å². The quantitative estimate of drug-likeness (QED) is 0.760. The number of thiophene rings is 1. The predicted molar refractivity (Wildman–Crippen MR) is 57.2 cm³/mol. The fourth-order valence-corrected chi connectivity index (χ4v) is 3.02. The van der Waals surface area contributed by atoms with Crippen LogP contribution in [0.1, 0.15) is 22.5 Å². The molecule has 0 atom stereocenters. The molecule has 1 amide bonds. The Morgan fingerprint density at radius 1 is 1.46 bits per heavy atom. The molecule has 2 nitrogen and oxygen atoms in total. The van der Waals surface area contributed by atoms with Gasteiger partial charge in [-0.25, -0.2) is 0 Å². The van der Waals surface area contributed by atoms with Crippen LogP contribution >= 0.6 is 27.3 Å². The van der Waals surface area contributed by atoms with Crippen LogP contribution in [0.25, 0.3) is 0 Å². The van der Waals surface area contributed by atoms with Gasteiger partial charge in [0.25, 0.3) is 5.91 Å². The lowest BCUT2D eigenvalue weighted by molar-refractivity contribution is 0.0797. The van der Waals surface area contributed by atoms with Gasteiger partial charge in [-0.3, -0.25) is 4.79 Å². The molecule has 0 aromatic carbocycles. The fourth-order valence-electron chi connectivity index (χ4n) is 1.51. The second-order valence-electron chi connectivity index (χ2n) is 3.10. The van der Waals surface area contributed by atoms with Crippen molar-refractivity contribution in [3.05, 3.63) is 20.8 Å². The van der Waals surface area contributed by atoms with Crippen molar-refractivity contribution in [2.75, 3.05) is 13.1 Å². The first-order valence-corrected chi connectivity index (χ1v) is 5.98. The molecule has 4 heteroatoms. The summed E-state index contributed by atoms with van der Waals surface area (Å²) in [5.74, 6) is 0.180. The van der Waals surface area contributed by atoms with Gasteiger partial charge in [0.2, 0.25) is 0 Å². The molecule has 1 aromatic heterocycles. The molecule has 0 aliphatic carbocycles. The molecule has 1 saturated heterocycles. The van der Waals surface area contributed by atoms with Crippen LogP contribution < -0.4 is 0 Å². The number of amides is 1. The number of rotatable bonds is 1. The normalized spacial score (nSPS) is 16.5. The second kappa shape index (κ2) is 3.80. The predicted octanol–water partition coefficient (Wildman–Crippen LogP) is 2.75. The van der Waals surface area contributed by atoms with Crippen molar-refractivity contribution in [1.29, 1.82) is 0 Å². The highest BCUT2D eigenvalue weighted by molar-refractivity contribution is 9.10. The van der Waals surface area contributed by atoms with E-state index in [1.807, 2.05) is 16.3 Å². The summed E-state index contributed by atoms with van der Waals surface area (Å²) in [5, 5.41) is 1.94. The van der Waals surface area contributed by atoms with Crippen molar-refractivity contribution >= 4 is 33.2 Å². The molecule has 1 fully saturated rings. The lowest BCUT2D eigenvalue weighted by Crippen LogP contribution is -2.26. The Labute approximate surface area is 89.7 Å². The SMILES string of the molecule is O=C(c1sccc1Br)N1CCCC1. The van der Waals surface area contributed by atoms with Gasteiger partial charge in [0.15, 0.2) is 0 Å². The summed E-state index contributed by atoms with van der Waals surface area (Å²) in [7, 11) is 0. The van der Waals surface area contributed by atoms with Crippen LogP contribution in [0, 0.1) is 0 Å². The maximum Gasteiger partial charge on any atom is 0.265 e. The minimum Gasteiger partial charge on any atom is -0.338 e. The minimum absolute atomic E-state index is 0.180. The maximum atomic E-state index is 11.8. The third kappa shape index (κ3) is 1.79. The zero-order valence-corrected chi connectivity index (χ0v) is 9.53. The van der Waals surface area contributed by atoms with E-state index in [-0.39, 0.29) is 5.91 Å². The first kappa shape index (κ1) is 9.21. The van der Waals surface area contributed by atoms with E-state index in [4.69, 9.17) is 0 Å². The van der Waals surface area contributed by atoms with Gasteiger partial charge in [0.1, 0.15) is 4.88 Å². The van der Waals surface area contributed by atoms with Gasteiger partial charge in [0.05, 0.1) is 0 Å². The number of hydrogen-bond acceptors (Lipinski definition) is 2. The molecule has 2 rings (SSSR count). The molecule has 0 unspecified atom stereocenters. The number of halogens is 1. The van der Waals surface area contributed by atoms with Gasteiger partial charge in [-0.2, -0.15) is 0 Å². The summed E-state index contributed by atoms with van der Waals surface area (Å²) in [5.41, 5.74) is 0. The van der Waals surface area contributed by atoms with Gasteiger partial charge in [-0.15, -0.1) is 11.3 Å². The summed E-state index contributed by atoms with van der Waals surface area (Å²) >= 11 is 4.88. The Kier molecular flexibility index (Phi) is 2.69. The van der Waals surface area contributed by atoms with Gasteiger partial charge >= 0.3 is 0 Å². The molecule has 0 saturated carbocycles. The number of likely N-dealkylation sites (tertiary alicyclic amines) is 1. The molecule has 0 bridgehead atoms. The van der Waals surface area contributed by atoms with Crippen LogP contribution in [0.4, 0.5) is 0 Å². The van der Waals surface area contributed by atoms with E-state index in [2.05, 4.69) is 15.9 Å². The molecular weight excluding hydrogens is 250 g/mol. The van der Waals surface area contributed by atoms with Gasteiger partial charge in [-0.1, -0.05) is 0 Å². The maximum absolute atomic E-state index is 11.8. The molecular formula is C9H10BrNOS. The van der Waals surface area contributed by atoms with Crippen LogP contribution in [0.5, 0.6) is 0 Å². The lowest BCUT2D eigenvalue weighted by atomic mass is 10.4. The molecule has 1 aliphatic heterocycles. The molecule has 0 spiro atoms. The van der Waals surface area contributed by atoms with E-state index in [0.29, 0.717) is 0 Å². The van der Waals surface area contributed by atoms with Crippen LogP contribution in [-0.2, 0) is 0 Å². The highest BCUT2D eigenvalue weighted by Crippen LogP contribution is 2.25. The first-order chi connectivity index (χ1) is 6.29. The van der Waals surface area contributed by atoms with E-state index in [1.165, 1.54) is 11.3 Å². The van der Waals surface area contributed by atoms with Crippen molar-refractivity contribution < 1.29 is 4.79 Å². The Morgan fingerprint density at radius 2 is 2.15 bits per heavy atom. The van der Waals surface area contributed by atoms with E-state index >= 15 is 0 Å². The molecule has 1 aromatic rings. The van der Waals surface area contributed by atoms with Crippen LogP contribution in [0.15, 0.2) is 15.9 Å². The summed E-state index contributed by atoms with van der Waals surface area (Å²) < 4.78 is 0.925. The Balaban J connectivity index is 2.17. The summed E-state index contributed by atoms with van der Waals surface area (Å²) in [6.07, 6.45) is 2.30. The third-order valence-corrected chi connectivity index (χ3v) is 4.03. The average Bonchev–Trinajstić information content (AvgIpc) is 2.72. The molecule has 2 heterocycles. The van der Waals surface area contributed by atoms with Crippen LogP contribution in [0.3, 0.4) is 0 Å². The van der Waals surface area contributed by atoms with Crippen LogP contribution in [-0.4, -0.2) is 23.9 Å². The molecule has 70 valence electrons. The monoisotopic (exact) mass is 259 g/mol. The highest BCUT2D eigenvalue weighted by Gasteiger charge is 2.21. The average molecular weight is 260 g/mol. The standard InChI is InChI=1S/C9H10BrNOS/c10-7-3-6-13-8(7)9(12)11-4-1-2-5-11/h3,6H,1-2,4-5H2. The number of nitrogens with zero attached hydrogens (tertiary/aromatic N) is 1. The molecule has 0 N–H and O–H groups in total. The Morgan fingerprint density at radius 3 is 2.69 bits per heavy atom. The van der Waals surface area contributed by atoms with Gasteiger partial charge in [0, 0.05) is 17.6 Å². The number of carbonyl (C=O) groups is 1. The largest absolute Gasteiger partial charge is 0.338 e. The smallest absolute Gasteiger partial charge is 0.265 e. The molecule has 13 heavy (non-hydrogen) atoms. The highest BCUT2D eigenvalue weighted by atomic mass is 79.9. The Bertz CT molecular complexity index is 317. The van der Waals surface area contributed by atoms with Crippen molar-refractivity contribution in [3.8, 4) is 0 Å². The summed E-state index contributed by atoms with van der Waals surface area (Å²) in [4.78, 5) is 14.6. The molecule has 0 radical (unpaired) electrons. The third-order valence-electron chi connectivity index (χ3n) is 2.20. The lowest BCUT2D eigenvalue weighted by Gasteiger charge is -2.13. The van der Waals surface area contributed by atoms with Crippen molar-refractivity contribution in [2.45, 2.75) is 12.8 Å². The summed E-state index contributed by atoms with van der Waals surface area (Å²) in [6, 6.07) is 1.92. The topological polar surface area (TPSA) is 20.3 Å². The fraction of sp³-hybridized carbons (Fsp3) is 0.444. The van der Waals surface area contributed by atoms with Gasteiger partial charge < -0.3 is 4.90 Å². The van der Waals surface area contributed by atoms with Gasteiger partial charge in [-0.05, 0) is 40.2 Å². The summed E-state index contributed by atoms with van der Waals surface area (Å²) in [6.45, 7) is 1.84. The first-order valence-electron chi connectivity index (χ1n) is 4.31. The Hall–Kier alpha value is -0.350. The second-order valence-corrected chi connectivity index (χ2v) is 4.87. The molecule has 1 aliphatic rings. The van der Waals surface area contributed by atoms with Crippen molar-refractivity contribution in [2.24, 2.45) is 0 Å². The van der Waals surface area contributed by atoms with Crippen molar-refractivity contribution in [1.82, 2.24) is 4.90 Å². The van der Waals surface area contributed by atoms with E-state index in [9.17, 15) is 4.79 Å². The minimum atomic E-state index is 0.180.